The molecule has 0 nitrogen and oxygen atoms in total. The zero-order valence-electron chi connectivity index (χ0n) is 10.0. The summed E-state index contributed by atoms with van der Waals surface area (Å²) in [5.41, 5.74) is 2.45. The van der Waals surface area contributed by atoms with Crippen LogP contribution < -0.4 is 0 Å². The standard InChI is InChI=1S/C14H12Br2S2/c1-17-9-3-5-13(15)11(7-9)12-8-10(18-2)4-6-14(12)16/h3-8H,1-2H3. The third-order valence-corrected chi connectivity index (χ3v) is 5.47. The van der Waals surface area contributed by atoms with Gasteiger partial charge in [0, 0.05) is 18.7 Å². The van der Waals surface area contributed by atoms with Crippen LogP contribution in [0, 0.1) is 0 Å². The highest BCUT2D eigenvalue weighted by molar-refractivity contribution is 9.11. The Kier molecular flexibility index (Phi) is 5.24. The predicted octanol–water partition coefficient (Wildman–Crippen LogP) is 6.32. The summed E-state index contributed by atoms with van der Waals surface area (Å²) in [6.45, 7) is 0. The maximum atomic E-state index is 3.64. The number of hydrogen-bond donors (Lipinski definition) is 0. The molecule has 0 saturated carbocycles. The summed E-state index contributed by atoms with van der Waals surface area (Å²) in [4.78, 5) is 2.55. The van der Waals surface area contributed by atoms with Gasteiger partial charge in [0.25, 0.3) is 0 Å². The monoisotopic (exact) mass is 402 g/mol. The fraction of sp³-hybridized carbons (Fsp3) is 0.143. The molecule has 2 aromatic carbocycles. The van der Waals surface area contributed by atoms with Gasteiger partial charge >= 0.3 is 0 Å². The van der Waals surface area contributed by atoms with Crippen LogP contribution in [0.2, 0.25) is 0 Å². The first kappa shape index (κ1) is 14.5. The molecule has 2 aromatic rings. The van der Waals surface area contributed by atoms with Crippen molar-refractivity contribution in [3.63, 3.8) is 0 Å². The topological polar surface area (TPSA) is 0 Å². The van der Waals surface area contributed by atoms with Gasteiger partial charge in [-0.15, -0.1) is 23.5 Å². The average molecular weight is 404 g/mol. The Balaban J connectivity index is 2.60. The maximum Gasteiger partial charge on any atom is 0.0254 e. The van der Waals surface area contributed by atoms with Crippen molar-refractivity contribution >= 4 is 55.4 Å². The van der Waals surface area contributed by atoms with Gasteiger partial charge < -0.3 is 0 Å². The van der Waals surface area contributed by atoms with Crippen LogP contribution in [0.3, 0.4) is 0 Å². The van der Waals surface area contributed by atoms with Crippen LogP contribution in [0.25, 0.3) is 11.1 Å². The fourth-order valence-electron chi connectivity index (χ4n) is 1.68. The van der Waals surface area contributed by atoms with Crippen molar-refractivity contribution in [2.45, 2.75) is 9.79 Å². The Morgan fingerprint density at radius 3 is 1.44 bits per heavy atom. The number of benzene rings is 2. The fourth-order valence-corrected chi connectivity index (χ4v) is 3.48. The minimum Gasteiger partial charge on any atom is -0.130 e. The normalized spacial score (nSPS) is 10.7. The molecule has 4 heteroatoms. The number of thioether (sulfide) groups is 2. The van der Waals surface area contributed by atoms with Crippen molar-refractivity contribution in [1.29, 1.82) is 0 Å². The number of halogens is 2. The van der Waals surface area contributed by atoms with E-state index in [1.165, 1.54) is 20.9 Å². The second-order valence-electron chi connectivity index (χ2n) is 3.69. The highest BCUT2D eigenvalue weighted by atomic mass is 79.9. The lowest BCUT2D eigenvalue weighted by atomic mass is 10.1. The van der Waals surface area contributed by atoms with Crippen molar-refractivity contribution < 1.29 is 0 Å². The molecule has 0 saturated heterocycles. The molecule has 0 aliphatic rings. The molecule has 18 heavy (non-hydrogen) atoms. The highest BCUT2D eigenvalue weighted by Gasteiger charge is 2.09. The Morgan fingerprint density at radius 2 is 1.11 bits per heavy atom. The summed E-state index contributed by atoms with van der Waals surface area (Å²) < 4.78 is 2.25. The quantitative estimate of drug-likeness (QED) is 0.549. The van der Waals surface area contributed by atoms with Crippen LogP contribution in [0.4, 0.5) is 0 Å². The number of rotatable bonds is 3. The molecule has 0 bridgehead atoms. The Morgan fingerprint density at radius 1 is 0.722 bits per heavy atom. The molecule has 0 radical (unpaired) electrons. The van der Waals surface area contributed by atoms with E-state index >= 15 is 0 Å². The van der Waals surface area contributed by atoms with E-state index in [-0.39, 0.29) is 0 Å². The van der Waals surface area contributed by atoms with Gasteiger partial charge in [0.2, 0.25) is 0 Å². The molecule has 0 heterocycles. The lowest BCUT2D eigenvalue weighted by Gasteiger charge is -2.10. The van der Waals surface area contributed by atoms with Gasteiger partial charge in [0.15, 0.2) is 0 Å². The van der Waals surface area contributed by atoms with Gasteiger partial charge in [-0.1, -0.05) is 31.9 Å². The van der Waals surface area contributed by atoms with Gasteiger partial charge in [0.1, 0.15) is 0 Å². The molecule has 0 aromatic heterocycles. The molecule has 2 rings (SSSR count). The summed E-state index contributed by atoms with van der Waals surface area (Å²) in [5.74, 6) is 0. The first-order valence-electron chi connectivity index (χ1n) is 5.33. The summed E-state index contributed by atoms with van der Waals surface area (Å²) in [6, 6.07) is 12.9. The third-order valence-electron chi connectivity index (χ3n) is 2.64. The van der Waals surface area contributed by atoms with E-state index in [0.29, 0.717) is 0 Å². The van der Waals surface area contributed by atoms with Crippen LogP contribution in [-0.4, -0.2) is 12.5 Å². The lowest BCUT2D eigenvalue weighted by molar-refractivity contribution is 1.39. The second-order valence-corrected chi connectivity index (χ2v) is 7.16. The molecule has 0 unspecified atom stereocenters. The lowest BCUT2D eigenvalue weighted by Crippen LogP contribution is -1.84. The first-order valence-corrected chi connectivity index (χ1v) is 9.36. The molecule has 0 atom stereocenters. The smallest absolute Gasteiger partial charge is 0.0254 e. The largest absolute Gasteiger partial charge is 0.130 e. The van der Waals surface area contributed by atoms with Crippen LogP contribution in [-0.2, 0) is 0 Å². The summed E-state index contributed by atoms with van der Waals surface area (Å²) in [7, 11) is 0. The molecule has 0 amide bonds. The summed E-state index contributed by atoms with van der Waals surface area (Å²) in [6.07, 6.45) is 4.20. The van der Waals surface area contributed by atoms with Crippen molar-refractivity contribution in [2.75, 3.05) is 12.5 Å². The maximum absolute atomic E-state index is 3.64. The van der Waals surface area contributed by atoms with Crippen LogP contribution in [0.15, 0.2) is 55.1 Å². The molecule has 0 fully saturated rings. The Bertz CT molecular complexity index is 516. The van der Waals surface area contributed by atoms with Gasteiger partial charge in [-0.25, -0.2) is 0 Å². The molecule has 0 aliphatic carbocycles. The minimum absolute atomic E-state index is 1.12. The van der Waals surface area contributed by atoms with E-state index in [1.54, 1.807) is 23.5 Å². The predicted molar refractivity (Wildman–Crippen MR) is 90.8 cm³/mol. The Hall–Kier alpha value is 0.1000. The van der Waals surface area contributed by atoms with Crippen LogP contribution in [0.5, 0.6) is 0 Å². The highest BCUT2D eigenvalue weighted by Crippen LogP contribution is 2.37. The first-order chi connectivity index (χ1) is 8.65. The summed E-state index contributed by atoms with van der Waals surface area (Å²) in [5, 5.41) is 0. The van der Waals surface area contributed by atoms with E-state index in [9.17, 15) is 0 Å². The third kappa shape index (κ3) is 3.16. The van der Waals surface area contributed by atoms with E-state index in [4.69, 9.17) is 0 Å². The van der Waals surface area contributed by atoms with E-state index in [2.05, 4.69) is 80.8 Å². The van der Waals surface area contributed by atoms with Crippen molar-refractivity contribution in [3.8, 4) is 11.1 Å². The second kappa shape index (κ2) is 6.51. The van der Waals surface area contributed by atoms with Gasteiger partial charge in [-0.2, -0.15) is 0 Å². The van der Waals surface area contributed by atoms with Crippen molar-refractivity contribution in [1.82, 2.24) is 0 Å². The van der Waals surface area contributed by atoms with E-state index in [1.807, 2.05) is 0 Å². The van der Waals surface area contributed by atoms with Gasteiger partial charge in [-0.3, -0.25) is 0 Å². The minimum atomic E-state index is 1.12. The van der Waals surface area contributed by atoms with Crippen molar-refractivity contribution in [2.24, 2.45) is 0 Å². The molecule has 0 aliphatic heterocycles. The molecule has 0 N–H and O–H groups in total. The average Bonchev–Trinajstić information content (AvgIpc) is 2.40. The van der Waals surface area contributed by atoms with Crippen LogP contribution in [0.1, 0.15) is 0 Å². The summed E-state index contributed by atoms with van der Waals surface area (Å²) >= 11 is 10.8. The molecular formula is C14H12Br2S2. The van der Waals surface area contributed by atoms with Gasteiger partial charge in [0.05, 0.1) is 0 Å². The van der Waals surface area contributed by atoms with E-state index < -0.39 is 0 Å². The number of hydrogen-bond acceptors (Lipinski definition) is 2. The van der Waals surface area contributed by atoms with E-state index in [0.717, 1.165) is 8.95 Å². The van der Waals surface area contributed by atoms with Crippen LogP contribution >= 0.6 is 55.4 Å². The van der Waals surface area contributed by atoms with Gasteiger partial charge in [-0.05, 0) is 60.0 Å². The SMILES string of the molecule is CSc1ccc(Br)c(-c2cc(SC)ccc2Br)c1. The molecular weight excluding hydrogens is 392 g/mol. The Labute approximate surface area is 133 Å². The zero-order chi connectivity index (χ0) is 13.1. The molecule has 0 spiro atoms. The molecule has 94 valence electrons. The zero-order valence-corrected chi connectivity index (χ0v) is 14.8. The van der Waals surface area contributed by atoms with Crippen molar-refractivity contribution in [3.05, 3.63) is 45.3 Å².